The first-order chi connectivity index (χ1) is 16.2. The molecule has 2 aromatic rings. The average Bonchev–Trinajstić information content (AvgIpc) is 2.84. The zero-order valence-electron chi connectivity index (χ0n) is 20.2. The molecule has 2 amide bonds. The summed E-state index contributed by atoms with van der Waals surface area (Å²) in [6.07, 6.45) is 5.52. The number of nitrogens with zero attached hydrogens (tertiary/aromatic N) is 5. The molecule has 0 fully saturated rings. The maximum atomic E-state index is 13.4. The van der Waals surface area contributed by atoms with E-state index in [2.05, 4.69) is 26.8 Å². The molecule has 9 nitrogen and oxygen atoms in total. The molecule has 1 N–H and O–H groups in total. The monoisotopic (exact) mass is 465 g/mol. The van der Waals surface area contributed by atoms with Crippen LogP contribution in [0.4, 0.5) is 0 Å². The Hall–Kier alpha value is -3.51. The molecular formula is C25H31N5O4. The predicted octanol–water partition coefficient (Wildman–Crippen LogP) is 1.87. The number of aliphatic hydroxyl groups is 1. The van der Waals surface area contributed by atoms with E-state index in [1.54, 1.807) is 31.1 Å². The van der Waals surface area contributed by atoms with Gasteiger partial charge in [-0.3, -0.25) is 14.6 Å². The highest BCUT2D eigenvalue weighted by Gasteiger charge is 2.34. The van der Waals surface area contributed by atoms with Gasteiger partial charge < -0.3 is 19.6 Å². The summed E-state index contributed by atoms with van der Waals surface area (Å²) in [6, 6.07) is 1.28. The topological polar surface area (TPSA) is 109 Å². The van der Waals surface area contributed by atoms with E-state index in [9.17, 15) is 14.7 Å². The lowest BCUT2D eigenvalue weighted by atomic mass is 9.99. The van der Waals surface area contributed by atoms with Crippen molar-refractivity contribution in [1.82, 2.24) is 24.8 Å². The number of rotatable bonds is 5. The number of amides is 2. The van der Waals surface area contributed by atoms with Crippen molar-refractivity contribution in [3.8, 4) is 17.7 Å². The van der Waals surface area contributed by atoms with Crippen LogP contribution in [0, 0.1) is 23.7 Å². The highest BCUT2D eigenvalue weighted by Crippen LogP contribution is 2.27. The molecule has 0 aromatic carbocycles. The van der Waals surface area contributed by atoms with E-state index in [4.69, 9.17) is 4.74 Å². The minimum atomic E-state index is -0.453. The van der Waals surface area contributed by atoms with Gasteiger partial charge in [-0.1, -0.05) is 32.6 Å². The van der Waals surface area contributed by atoms with E-state index in [1.165, 1.54) is 23.5 Å². The van der Waals surface area contributed by atoms with Crippen LogP contribution in [0.15, 0.2) is 30.9 Å². The number of likely N-dealkylation sites (N-methyl/N-ethyl adjacent to an activating group) is 1. The Kier molecular flexibility index (Phi) is 8.18. The number of hydrogen-bond donors (Lipinski definition) is 1. The van der Waals surface area contributed by atoms with Gasteiger partial charge in [0.1, 0.15) is 17.4 Å². The van der Waals surface area contributed by atoms with E-state index in [1.807, 2.05) is 20.8 Å². The number of carbonyl (C=O) groups is 2. The molecule has 3 rings (SSSR count). The molecule has 0 radical (unpaired) electrons. The Morgan fingerprint density at radius 3 is 2.71 bits per heavy atom. The van der Waals surface area contributed by atoms with Gasteiger partial charge in [0, 0.05) is 49.6 Å². The van der Waals surface area contributed by atoms with Crippen LogP contribution in [0.1, 0.15) is 54.1 Å². The first kappa shape index (κ1) is 25.1. The summed E-state index contributed by atoms with van der Waals surface area (Å²) in [5.74, 6) is 5.77. The van der Waals surface area contributed by atoms with Gasteiger partial charge in [-0.2, -0.15) is 0 Å². The van der Waals surface area contributed by atoms with Crippen molar-refractivity contribution in [2.45, 2.75) is 39.8 Å². The van der Waals surface area contributed by atoms with Gasteiger partial charge in [-0.25, -0.2) is 9.97 Å². The third-order valence-electron chi connectivity index (χ3n) is 5.61. The van der Waals surface area contributed by atoms with Gasteiger partial charge in [0.15, 0.2) is 0 Å². The van der Waals surface area contributed by atoms with E-state index >= 15 is 0 Å². The lowest BCUT2D eigenvalue weighted by Crippen LogP contribution is -2.50. The number of ether oxygens (including phenoxy) is 1. The maximum Gasteiger partial charge on any atom is 0.273 e. The van der Waals surface area contributed by atoms with E-state index in [0.717, 1.165) is 0 Å². The molecule has 0 unspecified atom stereocenters. The molecule has 1 aliphatic rings. The molecule has 2 aromatic heterocycles. The van der Waals surface area contributed by atoms with Crippen LogP contribution in [0.25, 0.3) is 0 Å². The summed E-state index contributed by atoms with van der Waals surface area (Å²) in [6.45, 7) is 8.13. The number of pyridine rings is 1. The molecule has 0 aliphatic carbocycles. The molecule has 0 bridgehead atoms. The molecule has 3 atom stereocenters. The molecule has 180 valence electrons. The Labute approximate surface area is 200 Å². The smallest absolute Gasteiger partial charge is 0.273 e. The van der Waals surface area contributed by atoms with Gasteiger partial charge >= 0.3 is 0 Å². The molecule has 3 heterocycles. The van der Waals surface area contributed by atoms with Crippen LogP contribution in [-0.4, -0.2) is 80.6 Å². The van der Waals surface area contributed by atoms with Gasteiger partial charge in [0.25, 0.3) is 11.8 Å². The van der Waals surface area contributed by atoms with E-state index in [0.29, 0.717) is 12.1 Å². The summed E-state index contributed by atoms with van der Waals surface area (Å²) in [7, 11) is 1.67. The number of aliphatic hydroxyl groups excluding tert-OH is 1. The van der Waals surface area contributed by atoms with Crippen LogP contribution in [0.5, 0.6) is 5.88 Å². The molecule has 0 spiro atoms. The zero-order chi connectivity index (χ0) is 24.8. The summed E-state index contributed by atoms with van der Waals surface area (Å²) in [4.78, 5) is 41.8. The third kappa shape index (κ3) is 5.88. The lowest BCUT2D eigenvalue weighted by Gasteiger charge is -2.37. The standard InChI is InChI=1S/C25H31N5O4/c1-16(2)6-7-19-10-20-23(28-11-19)34-22(17(3)13-30(24(20)32)18(4)15-31)14-29(5)25(33)21-12-26-8-9-27-21/h8-12,16-18,22,31H,13-15H2,1-5H3/t17-,18-,22-/m0/s1. The third-order valence-corrected chi connectivity index (χ3v) is 5.61. The second kappa shape index (κ2) is 11.1. The van der Waals surface area contributed by atoms with Crippen LogP contribution in [0.2, 0.25) is 0 Å². The number of carbonyl (C=O) groups excluding carboxylic acids is 2. The van der Waals surface area contributed by atoms with Crippen LogP contribution >= 0.6 is 0 Å². The Morgan fingerprint density at radius 2 is 2.06 bits per heavy atom. The summed E-state index contributed by atoms with van der Waals surface area (Å²) < 4.78 is 6.22. The minimum Gasteiger partial charge on any atom is -0.472 e. The fraction of sp³-hybridized carbons (Fsp3) is 0.480. The normalized spacial score (nSPS) is 18.7. The largest absolute Gasteiger partial charge is 0.472 e. The van der Waals surface area contributed by atoms with Gasteiger partial charge in [-0.15, -0.1) is 0 Å². The summed E-state index contributed by atoms with van der Waals surface area (Å²) >= 11 is 0. The SMILES string of the molecule is CC(C)C#Cc1cnc2c(c1)C(=O)N([C@@H](C)CO)C[C@H](C)[C@H](CN(C)C(=O)c1cnccn1)O2. The molecule has 1 aliphatic heterocycles. The molecule has 0 saturated carbocycles. The van der Waals surface area contributed by atoms with E-state index in [-0.39, 0.29) is 53.9 Å². The van der Waals surface area contributed by atoms with Crippen LogP contribution in [0.3, 0.4) is 0 Å². The van der Waals surface area contributed by atoms with Crippen molar-refractivity contribution in [3.05, 3.63) is 47.7 Å². The summed E-state index contributed by atoms with van der Waals surface area (Å²) in [5.41, 5.74) is 1.14. The van der Waals surface area contributed by atoms with Crippen molar-refractivity contribution in [3.63, 3.8) is 0 Å². The van der Waals surface area contributed by atoms with Crippen molar-refractivity contribution >= 4 is 11.8 Å². The van der Waals surface area contributed by atoms with Crippen molar-refractivity contribution in [2.75, 3.05) is 26.7 Å². The maximum absolute atomic E-state index is 13.4. The fourth-order valence-corrected chi connectivity index (χ4v) is 3.57. The average molecular weight is 466 g/mol. The van der Waals surface area contributed by atoms with Crippen molar-refractivity contribution in [2.24, 2.45) is 11.8 Å². The van der Waals surface area contributed by atoms with Gasteiger partial charge in [0.2, 0.25) is 5.88 Å². The highest BCUT2D eigenvalue weighted by molar-refractivity contribution is 5.97. The molecule has 0 saturated heterocycles. The molecule has 34 heavy (non-hydrogen) atoms. The number of fused-ring (bicyclic) bond motifs is 1. The first-order valence-electron chi connectivity index (χ1n) is 11.3. The Bertz CT molecular complexity index is 1080. The van der Waals surface area contributed by atoms with Gasteiger partial charge in [0.05, 0.1) is 25.4 Å². The second-order valence-electron chi connectivity index (χ2n) is 8.90. The summed E-state index contributed by atoms with van der Waals surface area (Å²) in [5, 5.41) is 9.78. The predicted molar refractivity (Wildman–Crippen MR) is 126 cm³/mol. The molecular weight excluding hydrogens is 434 g/mol. The van der Waals surface area contributed by atoms with Crippen molar-refractivity contribution in [1.29, 1.82) is 0 Å². The Morgan fingerprint density at radius 1 is 1.29 bits per heavy atom. The highest BCUT2D eigenvalue weighted by atomic mass is 16.5. The molecule has 9 heteroatoms. The first-order valence-corrected chi connectivity index (χ1v) is 11.3. The van der Waals surface area contributed by atoms with Crippen LogP contribution < -0.4 is 4.74 Å². The van der Waals surface area contributed by atoms with Crippen molar-refractivity contribution < 1.29 is 19.4 Å². The van der Waals surface area contributed by atoms with Crippen LogP contribution in [-0.2, 0) is 0 Å². The number of hydrogen-bond acceptors (Lipinski definition) is 7. The van der Waals surface area contributed by atoms with Gasteiger partial charge in [-0.05, 0) is 13.0 Å². The zero-order valence-corrected chi connectivity index (χ0v) is 20.2. The quantitative estimate of drug-likeness (QED) is 0.672. The minimum absolute atomic E-state index is 0.148. The van der Waals surface area contributed by atoms with E-state index < -0.39 is 12.1 Å². The second-order valence-corrected chi connectivity index (χ2v) is 8.90. The Balaban J connectivity index is 1.95. The fourth-order valence-electron chi connectivity index (χ4n) is 3.57. The lowest BCUT2D eigenvalue weighted by molar-refractivity contribution is 0.0312. The number of aromatic nitrogens is 3.